The summed E-state index contributed by atoms with van der Waals surface area (Å²) < 4.78 is 6.53. The molecule has 0 aliphatic heterocycles. The normalized spacial score (nSPS) is 10.6. The topological polar surface area (TPSA) is 50.4 Å². The number of hydrogen-bond acceptors (Lipinski definition) is 2. The van der Waals surface area contributed by atoms with Gasteiger partial charge in [0.1, 0.15) is 5.75 Å². The van der Waals surface area contributed by atoms with E-state index in [1.54, 1.807) is 6.07 Å². The molecular weight excluding hydrogens is 404 g/mol. The lowest BCUT2D eigenvalue weighted by Crippen LogP contribution is -2.30. The number of amides is 2. The van der Waals surface area contributed by atoms with E-state index in [1.807, 2.05) is 36.4 Å². The standard InChI is InChI=1S/C19H22BrClN2O2/c1-13(2)15-6-3-4-7-17(15)23-19(24)22-10-5-11-25-18-9-8-14(20)12-16(18)21/h3-4,6-9,12-13H,5,10-11H2,1-2H3,(H2,22,23,24). The Morgan fingerprint density at radius 3 is 2.72 bits per heavy atom. The van der Waals surface area contributed by atoms with Crippen molar-refractivity contribution < 1.29 is 9.53 Å². The van der Waals surface area contributed by atoms with Gasteiger partial charge in [-0.25, -0.2) is 4.79 Å². The van der Waals surface area contributed by atoms with Crippen molar-refractivity contribution in [3.63, 3.8) is 0 Å². The maximum atomic E-state index is 12.0. The summed E-state index contributed by atoms with van der Waals surface area (Å²) in [5.74, 6) is 0.987. The number of nitrogens with one attached hydrogen (secondary N) is 2. The minimum absolute atomic E-state index is 0.213. The molecule has 2 aromatic rings. The monoisotopic (exact) mass is 424 g/mol. The molecule has 2 amide bonds. The van der Waals surface area contributed by atoms with Crippen LogP contribution in [0.1, 0.15) is 31.7 Å². The third-order valence-electron chi connectivity index (χ3n) is 3.59. The number of ether oxygens (including phenoxy) is 1. The molecule has 0 saturated carbocycles. The van der Waals surface area contributed by atoms with Crippen molar-refractivity contribution in [3.05, 3.63) is 57.5 Å². The second-order valence-electron chi connectivity index (χ2n) is 5.90. The molecule has 0 radical (unpaired) electrons. The molecule has 25 heavy (non-hydrogen) atoms. The molecule has 2 N–H and O–H groups in total. The highest BCUT2D eigenvalue weighted by Gasteiger charge is 2.08. The summed E-state index contributed by atoms with van der Waals surface area (Å²) in [6.07, 6.45) is 0.686. The Labute approximate surface area is 162 Å². The summed E-state index contributed by atoms with van der Waals surface area (Å²) in [6.45, 7) is 5.19. The van der Waals surface area contributed by atoms with Gasteiger partial charge in [0.2, 0.25) is 0 Å². The Morgan fingerprint density at radius 1 is 1.24 bits per heavy atom. The van der Waals surface area contributed by atoms with Crippen LogP contribution in [0.25, 0.3) is 0 Å². The molecule has 0 spiro atoms. The first-order valence-electron chi connectivity index (χ1n) is 8.19. The first-order valence-corrected chi connectivity index (χ1v) is 9.36. The van der Waals surface area contributed by atoms with E-state index in [-0.39, 0.29) is 6.03 Å². The van der Waals surface area contributed by atoms with Crippen LogP contribution in [-0.4, -0.2) is 19.2 Å². The molecule has 6 heteroatoms. The lowest BCUT2D eigenvalue weighted by Gasteiger charge is -2.14. The minimum atomic E-state index is -0.213. The van der Waals surface area contributed by atoms with Gasteiger partial charge in [0.05, 0.1) is 11.6 Å². The Bertz CT molecular complexity index is 722. The van der Waals surface area contributed by atoms with Gasteiger partial charge < -0.3 is 15.4 Å². The van der Waals surface area contributed by atoms with Crippen LogP contribution in [0.2, 0.25) is 5.02 Å². The van der Waals surface area contributed by atoms with Crippen LogP contribution in [0, 0.1) is 0 Å². The largest absolute Gasteiger partial charge is 0.492 e. The summed E-state index contributed by atoms with van der Waals surface area (Å²) in [4.78, 5) is 12.0. The van der Waals surface area contributed by atoms with Crippen LogP contribution >= 0.6 is 27.5 Å². The molecule has 0 aliphatic carbocycles. The first kappa shape index (κ1) is 19.6. The number of carbonyl (C=O) groups is 1. The molecular formula is C19H22BrClN2O2. The molecule has 0 fully saturated rings. The number of para-hydroxylation sites is 1. The number of halogens is 2. The van der Waals surface area contributed by atoms with Crippen molar-refractivity contribution in [2.24, 2.45) is 0 Å². The van der Waals surface area contributed by atoms with Crippen molar-refractivity contribution >= 4 is 39.2 Å². The van der Waals surface area contributed by atoms with E-state index in [2.05, 4.69) is 40.4 Å². The van der Waals surface area contributed by atoms with Gasteiger partial charge in [-0.1, -0.05) is 59.6 Å². The van der Waals surface area contributed by atoms with Crippen LogP contribution < -0.4 is 15.4 Å². The smallest absolute Gasteiger partial charge is 0.319 e. The third-order valence-corrected chi connectivity index (χ3v) is 4.38. The van der Waals surface area contributed by atoms with Crippen molar-refractivity contribution in [1.82, 2.24) is 5.32 Å². The van der Waals surface area contributed by atoms with Gasteiger partial charge in [0.25, 0.3) is 0 Å². The van der Waals surface area contributed by atoms with Crippen LogP contribution in [-0.2, 0) is 0 Å². The average molecular weight is 426 g/mol. The highest BCUT2D eigenvalue weighted by molar-refractivity contribution is 9.10. The molecule has 134 valence electrons. The molecule has 4 nitrogen and oxygen atoms in total. The van der Waals surface area contributed by atoms with E-state index in [0.717, 1.165) is 15.7 Å². The van der Waals surface area contributed by atoms with Gasteiger partial charge in [0, 0.05) is 16.7 Å². The molecule has 0 bridgehead atoms. The predicted octanol–water partition coefficient (Wildman–Crippen LogP) is 5.82. The van der Waals surface area contributed by atoms with Crippen LogP contribution in [0.3, 0.4) is 0 Å². The van der Waals surface area contributed by atoms with Gasteiger partial charge in [-0.05, 0) is 42.2 Å². The molecule has 0 atom stereocenters. The lowest BCUT2D eigenvalue weighted by molar-refractivity contribution is 0.250. The molecule has 0 unspecified atom stereocenters. The summed E-state index contributed by atoms with van der Waals surface area (Å²) in [5.41, 5.74) is 1.96. The van der Waals surface area contributed by atoms with Gasteiger partial charge in [-0.15, -0.1) is 0 Å². The Kier molecular flexibility index (Phi) is 7.59. The van der Waals surface area contributed by atoms with Gasteiger partial charge in [-0.3, -0.25) is 0 Å². The predicted molar refractivity (Wildman–Crippen MR) is 107 cm³/mol. The van der Waals surface area contributed by atoms with E-state index in [4.69, 9.17) is 16.3 Å². The van der Waals surface area contributed by atoms with E-state index in [9.17, 15) is 4.79 Å². The zero-order valence-electron chi connectivity index (χ0n) is 14.3. The van der Waals surface area contributed by atoms with Crippen molar-refractivity contribution in [1.29, 1.82) is 0 Å². The highest BCUT2D eigenvalue weighted by Crippen LogP contribution is 2.27. The second-order valence-corrected chi connectivity index (χ2v) is 7.22. The Morgan fingerprint density at radius 2 is 2.00 bits per heavy atom. The summed E-state index contributed by atoms with van der Waals surface area (Å²) >= 11 is 9.44. The highest BCUT2D eigenvalue weighted by atomic mass is 79.9. The molecule has 2 aromatic carbocycles. The fourth-order valence-corrected chi connectivity index (χ4v) is 3.06. The maximum Gasteiger partial charge on any atom is 0.319 e. The maximum absolute atomic E-state index is 12.0. The SMILES string of the molecule is CC(C)c1ccccc1NC(=O)NCCCOc1ccc(Br)cc1Cl. The van der Waals surface area contributed by atoms with E-state index >= 15 is 0 Å². The Hall–Kier alpha value is -1.72. The summed E-state index contributed by atoms with van der Waals surface area (Å²) in [7, 11) is 0. The zero-order chi connectivity index (χ0) is 18.2. The molecule has 2 rings (SSSR count). The van der Waals surface area contributed by atoms with Gasteiger partial charge in [-0.2, -0.15) is 0 Å². The summed E-state index contributed by atoms with van der Waals surface area (Å²) in [5, 5.41) is 6.30. The number of anilines is 1. The quantitative estimate of drug-likeness (QED) is 0.549. The number of rotatable bonds is 7. The summed E-state index contributed by atoms with van der Waals surface area (Å²) in [6, 6.07) is 13.1. The molecule has 0 heterocycles. The fraction of sp³-hybridized carbons (Fsp3) is 0.316. The number of hydrogen-bond donors (Lipinski definition) is 2. The molecule has 0 aromatic heterocycles. The number of benzene rings is 2. The second kappa shape index (κ2) is 9.68. The van der Waals surface area contributed by atoms with E-state index in [0.29, 0.717) is 36.3 Å². The Balaban J connectivity index is 1.72. The lowest BCUT2D eigenvalue weighted by atomic mass is 10.0. The third kappa shape index (κ3) is 6.25. The van der Waals surface area contributed by atoms with Crippen molar-refractivity contribution in [2.45, 2.75) is 26.2 Å². The van der Waals surface area contributed by atoms with Gasteiger partial charge >= 0.3 is 6.03 Å². The van der Waals surface area contributed by atoms with E-state index in [1.165, 1.54) is 0 Å². The van der Waals surface area contributed by atoms with E-state index < -0.39 is 0 Å². The van der Waals surface area contributed by atoms with Crippen LogP contribution in [0.15, 0.2) is 46.9 Å². The number of urea groups is 1. The molecule has 0 saturated heterocycles. The minimum Gasteiger partial charge on any atom is -0.492 e. The van der Waals surface area contributed by atoms with Crippen LogP contribution in [0.5, 0.6) is 5.75 Å². The number of carbonyl (C=O) groups excluding carboxylic acids is 1. The molecule has 0 aliphatic rings. The average Bonchev–Trinajstić information content (AvgIpc) is 2.56. The van der Waals surface area contributed by atoms with Crippen molar-refractivity contribution in [3.8, 4) is 5.75 Å². The van der Waals surface area contributed by atoms with Gasteiger partial charge in [0.15, 0.2) is 0 Å². The fourth-order valence-electron chi connectivity index (χ4n) is 2.33. The van der Waals surface area contributed by atoms with Crippen molar-refractivity contribution in [2.75, 3.05) is 18.5 Å². The van der Waals surface area contributed by atoms with Crippen LogP contribution in [0.4, 0.5) is 10.5 Å². The first-order chi connectivity index (χ1) is 12.0. The zero-order valence-corrected chi connectivity index (χ0v) is 16.7.